The first-order valence-corrected chi connectivity index (χ1v) is 10.7. The number of amides is 1. The van der Waals surface area contributed by atoms with Gasteiger partial charge in [0.15, 0.2) is 0 Å². The number of rotatable bonds is 8. The molecule has 0 aliphatic heterocycles. The number of nitrogens with one attached hydrogen (secondary N) is 1. The zero-order valence-electron chi connectivity index (χ0n) is 17.3. The molecule has 0 spiro atoms. The molecule has 0 atom stereocenters. The Labute approximate surface area is 176 Å². The van der Waals surface area contributed by atoms with Gasteiger partial charge in [0.05, 0.1) is 12.8 Å². The fourth-order valence-electron chi connectivity index (χ4n) is 2.88. The summed E-state index contributed by atoms with van der Waals surface area (Å²) in [5.74, 6) is 0.776. The summed E-state index contributed by atoms with van der Waals surface area (Å²) < 4.78 is 5.58. The minimum Gasteiger partial charge on any atom is -0.407 e. The second kappa shape index (κ2) is 9.74. The average Bonchev–Trinajstić information content (AvgIpc) is 3.10. The lowest BCUT2D eigenvalue weighted by Gasteiger charge is -2.06. The molecule has 2 aromatic carbocycles. The van der Waals surface area contributed by atoms with Gasteiger partial charge >= 0.3 is 6.01 Å². The highest BCUT2D eigenvalue weighted by Crippen LogP contribution is 2.23. The van der Waals surface area contributed by atoms with Gasteiger partial charge in [-0.2, -0.15) is 0 Å². The molecule has 0 bridgehead atoms. The molecule has 1 amide bonds. The van der Waals surface area contributed by atoms with Gasteiger partial charge in [-0.15, -0.1) is 16.9 Å². The molecule has 1 heterocycles. The van der Waals surface area contributed by atoms with Crippen molar-refractivity contribution >= 4 is 23.7 Å². The highest BCUT2D eigenvalue weighted by Gasteiger charge is 2.11. The summed E-state index contributed by atoms with van der Waals surface area (Å²) in [6.07, 6.45) is 0.803. The Morgan fingerprint density at radius 3 is 2.24 bits per heavy atom. The molecule has 0 aliphatic rings. The van der Waals surface area contributed by atoms with Crippen molar-refractivity contribution in [1.82, 2.24) is 10.2 Å². The molecule has 29 heavy (non-hydrogen) atoms. The van der Waals surface area contributed by atoms with Crippen LogP contribution in [0, 0.1) is 0 Å². The molecular weight excluding hydrogens is 382 g/mol. The number of benzene rings is 2. The van der Waals surface area contributed by atoms with E-state index in [4.69, 9.17) is 4.42 Å². The van der Waals surface area contributed by atoms with Crippen LogP contribution < -0.4 is 5.32 Å². The van der Waals surface area contributed by atoms with Crippen molar-refractivity contribution in [3.63, 3.8) is 0 Å². The minimum absolute atomic E-state index is 0.135. The fraction of sp³-hybridized carbons (Fsp3) is 0.348. The number of hydrogen-bond acceptors (Lipinski definition) is 5. The van der Waals surface area contributed by atoms with Gasteiger partial charge in [0, 0.05) is 10.1 Å². The molecule has 0 unspecified atom stereocenters. The van der Waals surface area contributed by atoms with Crippen molar-refractivity contribution in [3.05, 3.63) is 71.1 Å². The van der Waals surface area contributed by atoms with E-state index in [1.54, 1.807) is 0 Å². The lowest BCUT2D eigenvalue weighted by atomic mass is 10.0. The molecule has 1 aromatic heterocycles. The number of nitrogens with zero attached hydrogens (tertiary/aromatic N) is 2. The number of anilines is 1. The minimum atomic E-state index is -0.174. The Morgan fingerprint density at radius 2 is 1.62 bits per heavy atom. The molecule has 0 radical (unpaired) electrons. The van der Waals surface area contributed by atoms with Crippen LogP contribution in [0.5, 0.6) is 0 Å². The highest BCUT2D eigenvalue weighted by molar-refractivity contribution is 7.99. The molecule has 0 aliphatic carbocycles. The van der Waals surface area contributed by atoms with Crippen molar-refractivity contribution in [3.8, 4) is 0 Å². The average molecular weight is 410 g/mol. The summed E-state index contributed by atoms with van der Waals surface area (Å²) in [6, 6.07) is 16.5. The third kappa shape index (κ3) is 6.46. The zero-order valence-corrected chi connectivity index (χ0v) is 18.1. The molecular formula is C23H27N3O2S. The van der Waals surface area contributed by atoms with E-state index >= 15 is 0 Å². The first-order chi connectivity index (χ1) is 13.9. The van der Waals surface area contributed by atoms with Gasteiger partial charge in [-0.3, -0.25) is 10.1 Å². The van der Waals surface area contributed by atoms with Crippen molar-refractivity contribution in [2.24, 2.45) is 0 Å². The van der Waals surface area contributed by atoms with Crippen molar-refractivity contribution in [1.29, 1.82) is 0 Å². The van der Waals surface area contributed by atoms with Crippen LogP contribution in [0.4, 0.5) is 6.01 Å². The Bertz CT molecular complexity index is 932. The quantitative estimate of drug-likeness (QED) is 0.500. The standard InChI is InChI=1S/C23H27N3O2S/c1-15(2)19-9-5-17(6-10-19)13-21(27)24-23-26-25-22(28-23)14-18-7-11-20(12-8-18)29-16(3)4/h5-12,15-16H,13-14H2,1-4H3,(H,24,26,27). The van der Waals surface area contributed by atoms with Gasteiger partial charge in [0.25, 0.3) is 0 Å². The molecule has 0 saturated heterocycles. The number of aromatic nitrogens is 2. The lowest BCUT2D eigenvalue weighted by molar-refractivity contribution is -0.115. The van der Waals surface area contributed by atoms with E-state index in [2.05, 4.69) is 79.6 Å². The van der Waals surface area contributed by atoms with E-state index in [0.717, 1.165) is 11.1 Å². The fourth-order valence-corrected chi connectivity index (χ4v) is 3.72. The van der Waals surface area contributed by atoms with E-state index in [9.17, 15) is 4.79 Å². The molecule has 1 N–H and O–H groups in total. The van der Waals surface area contributed by atoms with E-state index < -0.39 is 0 Å². The second-order valence-electron chi connectivity index (χ2n) is 7.61. The highest BCUT2D eigenvalue weighted by atomic mass is 32.2. The van der Waals surface area contributed by atoms with Crippen LogP contribution >= 0.6 is 11.8 Å². The molecule has 3 aromatic rings. The van der Waals surface area contributed by atoms with Gasteiger partial charge < -0.3 is 4.42 Å². The topological polar surface area (TPSA) is 68.0 Å². The number of thioether (sulfide) groups is 1. The van der Waals surface area contributed by atoms with E-state index in [0.29, 0.717) is 23.5 Å². The Hall–Kier alpha value is -2.60. The summed E-state index contributed by atoms with van der Waals surface area (Å²) in [6.45, 7) is 8.64. The van der Waals surface area contributed by atoms with Gasteiger partial charge in [-0.1, -0.05) is 69.2 Å². The van der Waals surface area contributed by atoms with Crippen molar-refractivity contribution in [2.45, 2.75) is 56.6 Å². The monoisotopic (exact) mass is 409 g/mol. The van der Waals surface area contributed by atoms with Gasteiger partial charge in [0.1, 0.15) is 0 Å². The van der Waals surface area contributed by atoms with Crippen LogP contribution in [-0.2, 0) is 17.6 Å². The van der Waals surface area contributed by atoms with Crippen LogP contribution in [0.15, 0.2) is 57.8 Å². The Balaban J connectivity index is 1.53. The largest absolute Gasteiger partial charge is 0.407 e. The molecule has 6 heteroatoms. The van der Waals surface area contributed by atoms with Crippen molar-refractivity contribution in [2.75, 3.05) is 5.32 Å². The van der Waals surface area contributed by atoms with Crippen LogP contribution in [0.2, 0.25) is 0 Å². The summed E-state index contributed by atoms with van der Waals surface area (Å²) in [5.41, 5.74) is 3.29. The van der Waals surface area contributed by atoms with Crippen LogP contribution in [0.1, 0.15) is 56.2 Å². The molecule has 3 rings (SSSR count). The van der Waals surface area contributed by atoms with Gasteiger partial charge in [0.2, 0.25) is 11.8 Å². The predicted octanol–water partition coefficient (Wildman–Crippen LogP) is 5.47. The maximum absolute atomic E-state index is 12.3. The number of hydrogen-bond donors (Lipinski definition) is 1. The lowest BCUT2D eigenvalue weighted by Crippen LogP contribution is -2.14. The zero-order chi connectivity index (χ0) is 20.8. The molecule has 5 nitrogen and oxygen atoms in total. The molecule has 152 valence electrons. The third-order valence-electron chi connectivity index (χ3n) is 4.37. The van der Waals surface area contributed by atoms with Crippen LogP contribution in [-0.4, -0.2) is 21.4 Å². The van der Waals surface area contributed by atoms with Crippen LogP contribution in [0.25, 0.3) is 0 Å². The summed E-state index contributed by atoms with van der Waals surface area (Å²) in [5, 5.41) is 11.2. The summed E-state index contributed by atoms with van der Waals surface area (Å²) in [4.78, 5) is 13.5. The first kappa shape index (κ1) is 21.1. The summed E-state index contributed by atoms with van der Waals surface area (Å²) >= 11 is 1.83. The maximum atomic E-state index is 12.3. The molecule has 0 fully saturated rings. The number of carbonyl (C=O) groups excluding carboxylic acids is 1. The molecule has 0 saturated carbocycles. The van der Waals surface area contributed by atoms with Gasteiger partial charge in [-0.25, -0.2) is 0 Å². The number of carbonyl (C=O) groups is 1. The Kier molecular flexibility index (Phi) is 7.09. The SMILES string of the molecule is CC(C)Sc1ccc(Cc2nnc(NC(=O)Cc3ccc(C(C)C)cc3)o2)cc1. The normalized spacial score (nSPS) is 11.2. The smallest absolute Gasteiger partial charge is 0.322 e. The van der Waals surface area contributed by atoms with Gasteiger partial charge in [-0.05, 0) is 34.7 Å². The second-order valence-corrected chi connectivity index (χ2v) is 9.26. The van der Waals surface area contributed by atoms with Crippen LogP contribution in [0.3, 0.4) is 0 Å². The van der Waals surface area contributed by atoms with Crippen molar-refractivity contribution < 1.29 is 9.21 Å². The first-order valence-electron chi connectivity index (χ1n) is 9.85. The maximum Gasteiger partial charge on any atom is 0.322 e. The Morgan fingerprint density at radius 1 is 0.966 bits per heavy atom. The predicted molar refractivity (Wildman–Crippen MR) is 117 cm³/mol. The van der Waals surface area contributed by atoms with E-state index in [-0.39, 0.29) is 18.3 Å². The van der Waals surface area contributed by atoms with E-state index in [1.807, 2.05) is 23.9 Å². The van der Waals surface area contributed by atoms with E-state index in [1.165, 1.54) is 10.5 Å². The summed E-state index contributed by atoms with van der Waals surface area (Å²) in [7, 11) is 0. The third-order valence-corrected chi connectivity index (χ3v) is 5.39.